The van der Waals surface area contributed by atoms with E-state index in [9.17, 15) is 9.59 Å². The molecule has 0 bridgehead atoms. The van der Waals surface area contributed by atoms with Gasteiger partial charge in [-0.3, -0.25) is 14.9 Å². The Morgan fingerprint density at radius 1 is 0.963 bits per heavy atom. The first-order chi connectivity index (χ1) is 12.7. The number of esters is 2. The maximum absolute atomic E-state index is 12.5. The van der Waals surface area contributed by atoms with Gasteiger partial charge in [-0.15, -0.1) is 0 Å². The Kier molecular flexibility index (Phi) is 6.60. The van der Waals surface area contributed by atoms with Gasteiger partial charge >= 0.3 is 11.9 Å². The van der Waals surface area contributed by atoms with E-state index < -0.39 is 17.5 Å². The molecule has 0 saturated heterocycles. The van der Waals surface area contributed by atoms with E-state index >= 15 is 0 Å². The molecule has 5 nitrogen and oxygen atoms in total. The Morgan fingerprint density at radius 3 is 2.15 bits per heavy atom. The number of methoxy groups -OCH3 is 2. The van der Waals surface area contributed by atoms with Crippen LogP contribution in [-0.4, -0.2) is 32.2 Å². The van der Waals surface area contributed by atoms with E-state index in [2.05, 4.69) is 5.32 Å². The molecule has 0 heterocycles. The van der Waals surface area contributed by atoms with Crippen molar-refractivity contribution in [3.05, 3.63) is 48.0 Å². The fourth-order valence-corrected chi connectivity index (χ4v) is 3.33. The molecule has 2 rings (SSSR count). The third-order valence-electron chi connectivity index (χ3n) is 5.01. The first-order valence-corrected chi connectivity index (χ1v) is 9.13. The fourth-order valence-electron chi connectivity index (χ4n) is 3.33. The lowest BCUT2D eigenvalue weighted by Gasteiger charge is -2.36. The molecule has 2 atom stereocenters. The van der Waals surface area contributed by atoms with Crippen LogP contribution in [0.3, 0.4) is 0 Å². The van der Waals surface area contributed by atoms with Crippen molar-refractivity contribution < 1.29 is 19.1 Å². The van der Waals surface area contributed by atoms with Gasteiger partial charge in [-0.1, -0.05) is 50.2 Å². The van der Waals surface area contributed by atoms with Crippen molar-refractivity contribution in [3.8, 4) is 0 Å². The van der Waals surface area contributed by atoms with Crippen LogP contribution in [0.5, 0.6) is 0 Å². The lowest BCUT2D eigenvalue weighted by Crippen LogP contribution is -2.49. The van der Waals surface area contributed by atoms with Gasteiger partial charge in [0, 0.05) is 6.04 Å². The summed E-state index contributed by atoms with van der Waals surface area (Å²) < 4.78 is 10.0. The van der Waals surface area contributed by atoms with Crippen molar-refractivity contribution in [1.82, 2.24) is 5.32 Å². The summed E-state index contributed by atoms with van der Waals surface area (Å²) in [5.41, 5.74) is 0.0249. The van der Waals surface area contributed by atoms with E-state index in [1.165, 1.54) is 14.2 Å². The highest BCUT2D eigenvalue weighted by atomic mass is 16.5. The van der Waals surface area contributed by atoms with Crippen molar-refractivity contribution in [3.63, 3.8) is 0 Å². The molecule has 0 aliphatic carbocycles. The van der Waals surface area contributed by atoms with Crippen molar-refractivity contribution >= 4 is 22.7 Å². The predicted octanol–water partition coefficient (Wildman–Crippen LogP) is 3.87. The van der Waals surface area contributed by atoms with E-state index in [-0.39, 0.29) is 17.9 Å². The van der Waals surface area contributed by atoms with Crippen molar-refractivity contribution in [2.75, 3.05) is 14.2 Å². The molecule has 0 aliphatic heterocycles. The quantitative estimate of drug-likeness (QED) is 0.749. The van der Waals surface area contributed by atoms with Gasteiger partial charge in [-0.25, -0.2) is 0 Å². The summed E-state index contributed by atoms with van der Waals surface area (Å²) in [4.78, 5) is 24.8. The number of rotatable bonds is 7. The predicted molar refractivity (Wildman–Crippen MR) is 106 cm³/mol. The van der Waals surface area contributed by atoms with E-state index in [0.717, 1.165) is 16.3 Å². The van der Waals surface area contributed by atoms with Gasteiger partial charge in [0.05, 0.1) is 19.6 Å². The standard InChI is InChI=1S/C22H29NO4/c1-14(2)18(20(24)26-5)23-19(22(3,4)21(25)27-6)17-12-11-15-9-7-8-10-16(15)13-17/h7-14,18-19,23H,1-6H3/t18-,19+/m0/s1. The first-order valence-electron chi connectivity index (χ1n) is 9.13. The topological polar surface area (TPSA) is 64.6 Å². The number of carbonyl (C=O) groups excluding carboxylic acids is 2. The van der Waals surface area contributed by atoms with Gasteiger partial charge in [-0.05, 0) is 42.2 Å². The van der Waals surface area contributed by atoms with Crippen LogP contribution in [0.25, 0.3) is 10.8 Å². The molecule has 0 spiro atoms. The molecule has 0 saturated carbocycles. The average Bonchev–Trinajstić information content (AvgIpc) is 2.66. The second kappa shape index (κ2) is 8.53. The molecule has 0 radical (unpaired) electrons. The number of nitrogens with one attached hydrogen (secondary N) is 1. The minimum Gasteiger partial charge on any atom is -0.469 e. The summed E-state index contributed by atoms with van der Waals surface area (Å²) >= 11 is 0. The summed E-state index contributed by atoms with van der Waals surface area (Å²) in [5.74, 6) is -0.703. The van der Waals surface area contributed by atoms with Crippen LogP contribution < -0.4 is 5.32 Å². The van der Waals surface area contributed by atoms with Crippen LogP contribution in [0, 0.1) is 11.3 Å². The monoisotopic (exact) mass is 371 g/mol. The molecular weight excluding hydrogens is 342 g/mol. The number of carbonyl (C=O) groups is 2. The third kappa shape index (κ3) is 4.48. The molecule has 27 heavy (non-hydrogen) atoms. The third-order valence-corrected chi connectivity index (χ3v) is 5.01. The minimum atomic E-state index is -0.891. The fraction of sp³-hybridized carbons (Fsp3) is 0.455. The van der Waals surface area contributed by atoms with Crippen molar-refractivity contribution in [2.45, 2.75) is 39.8 Å². The molecule has 0 aliphatic rings. The Labute approximate surface area is 161 Å². The molecule has 0 amide bonds. The molecule has 2 aromatic carbocycles. The van der Waals surface area contributed by atoms with Gasteiger partial charge in [-0.2, -0.15) is 0 Å². The first kappa shape index (κ1) is 20.9. The highest BCUT2D eigenvalue weighted by Crippen LogP contribution is 2.36. The van der Waals surface area contributed by atoms with Crippen LogP contribution in [-0.2, 0) is 19.1 Å². The Balaban J connectivity index is 2.54. The van der Waals surface area contributed by atoms with Gasteiger partial charge < -0.3 is 9.47 Å². The van der Waals surface area contributed by atoms with Crippen molar-refractivity contribution in [1.29, 1.82) is 0 Å². The number of hydrogen-bond donors (Lipinski definition) is 1. The molecule has 146 valence electrons. The van der Waals surface area contributed by atoms with Gasteiger partial charge in [0.15, 0.2) is 0 Å². The second-order valence-corrected chi connectivity index (χ2v) is 7.66. The highest BCUT2D eigenvalue weighted by molar-refractivity contribution is 5.84. The normalized spacial score (nSPS) is 14.0. The zero-order chi connectivity index (χ0) is 20.2. The Bertz CT molecular complexity index is 813. The van der Waals surface area contributed by atoms with Gasteiger partial charge in [0.1, 0.15) is 6.04 Å². The summed E-state index contributed by atoms with van der Waals surface area (Å²) in [7, 11) is 2.75. The zero-order valence-corrected chi connectivity index (χ0v) is 16.9. The highest BCUT2D eigenvalue weighted by Gasteiger charge is 2.41. The van der Waals surface area contributed by atoms with E-state index in [1.54, 1.807) is 0 Å². The minimum absolute atomic E-state index is 0.00569. The maximum atomic E-state index is 12.5. The molecule has 2 aromatic rings. The Hall–Kier alpha value is -2.40. The van der Waals surface area contributed by atoms with E-state index in [4.69, 9.17) is 9.47 Å². The molecule has 0 fully saturated rings. The van der Waals surface area contributed by atoms with Crippen LogP contribution in [0.2, 0.25) is 0 Å². The number of hydrogen-bond acceptors (Lipinski definition) is 5. The average molecular weight is 371 g/mol. The van der Waals surface area contributed by atoms with E-state index in [0.29, 0.717) is 0 Å². The van der Waals surface area contributed by atoms with Gasteiger partial charge in [0.2, 0.25) is 0 Å². The molecule has 0 aromatic heterocycles. The number of benzene rings is 2. The molecule has 0 unspecified atom stereocenters. The maximum Gasteiger partial charge on any atom is 0.323 e. The Morgan fingerprint density at radius 2 is 1.59 bits per heavy atom. The summed E-state index contributed by atoms with van der Waals surface area (Å²) in [6, 6.07) is 13.1. The molecule has 5 heteroatoms. The lowest BCUT2D eigenvalue weighted by molar-refractivity contribution is -0.154. The lowest BCUT2D eigenvalue weighted by atomic mass is 9.79. The van der Waals surface area contributed by atoms with Crippen LogP contribution in [0.1, 0.15) is 39.3 Å². The SMILES string of the molecule is COC(=O)[C@@H](N[C@H](c1ccc2ccccc2c1)C(C)(C)C(=O)OC)C(C)C. The van der Waals surface area contributed by atoms with Gasteiger partial charge in [0.25, 0.3) is 0 Å². The number of fused-ring (bicyclic) bond motifs is 1. The van der Waals surface area contributed by atoms with Crippen molar-refractivity contribution in [2.24, 2.45) is 11.3 Å². The van der Waals surface area contributed by atoms with Crippen LogP contribution >= 0.6 is 0 Å². The summed E-state index contributed by atoms with van der Waals surface area (Å²) in [5, 5.41) is 5.55. The van der Waals surface area contributed by atoms with E-state index in [1.807, 2.05) is 70.2 Å². The summed E-state index contributed by atoms with van der Waals surface area (Å²) in [6.07, 6.45) is 0. The second-order valence-electron chi connectivity index (χ2n) is 7.66. The zero-order valence-electron chi connectivity index (χ0n) is 16.9. The largest absolute Gasteiger partial charge is 0.469 e. The van der Waals surface area contributed by atoms with Crippen LogP contribution in [0.4, 0.5) is 0 Å². The van der Waals surface area contributed by atoms with Crippen LogP contribution in [0.15, 0.2) is 42.5 Å². The smallest absolute Gasteiger partial charge is 0.323 e. The summed E-state index contributed by atoms with van der Waals surface area (Å²) in [6.45, 7) is 7.52. The number of ether oxygens (including phenoxy) is 2. The molecule has 1 N–H and O–H groups in total. The molecular formula is C22H29NO4.